The van der Waals surface area contributed by atoms with E-state index in [9.17, 15) is 4.79 Å². The fourth-order valence-electron chi connectivity index (χ4n) is 1.82. The smallest absolute Gasteiger partial charge is 0.243 e. The molecule has 0 unspecified atom stereocenters. The van der Waals surface area contributed by atoms with Gasteiger partial charge in [0.2, 0.25) is 5.91 Å². The average Bonchev–Trinajstić information content (AvgIpc) is 2.48. The number of carbonyl (C=O) groups excluding carboxylic acids is 1. The lowest BCUT2D eigenvalue weighted by molar-refractivity contribution is -0.114. The summed E-state index contributed by atoms with van der Waals surface area (Å²) < 4.78 is 5.13. The second kappa shape index (κ2) is 6.61. The van der Waals surface area contributed by atoms with Crippen LogP contribution in [-0.4, -0.2) is 19.6 Å². The van der Waals surface area contributed by atoms with Crippen molar-refractivity contribution in [2.24, 2.45) is 0 Å². The number of para-hydroxylation sites is 1. The first kappa shape index (κ1) is 13.9. The summed E-state index contributed by atoms with van der Waals surface area (Å²) in [6.07, 6.45) is 0. The van der Waals surface area contributed by atoms with Crippen LogP contribution in [0.5, 0.6) is 5.75 Å². The van der Waals surface area contributed by atoms with Crippen molar-refractivity contribution in [2.75, 3.05) is 24.3 Å². The molecule has 2 aromatic rings. The van der Waals surface area contributed by atoms with Crippen LogP contribution < -0.4 is 15.4 Å². The molecule has 0 spiro atoms. The van der Waals surface area contributed by atoms with Gasteiger partial charge >= 0.3 is 0 Å². The fourth-order valence-corrected chi connectivity index (χ4v) is 1.82. The van der Waals surface area contributed by atoms with Crippen LogP contribution in [-0.2, 0) is 4.79 Å². The number of amides is 1. The van der Waals surface area contributed by atoms with Gasteiger partial charge in [-0.15, -0.1) is 0 Å². The quantitative estimate of drug-likeness (QED) is 0.878. The highest BCUT2D eigenvalue weighted by Crippen LogP contribution is 2.17. The molecule has 0 aromatic heterocycles. The van der Waals surface area contributed by atoms with E-state index in [2.05, 4.69) is 10.6 Å². The number of benzene rings is 2. The number of hydrogen-bond acceptors (Lipinski definition) is 3. The maximum atomic E-state index is 11.9. The van der Waals surface area contributed by atoms with Gasteiger partial charge in [-0.05, 0) is 30.7 Å². The molecular formula is C16H18N2O2. The van der Waals surface area contributed by atoms with Gasteiger partial charge in [-0.2, -0.15) is 0 Å². The van der Waals surface area contributed by atoms with Crippen molar-refractivity contribution in [3.63, 3.8) is 0 Å². The average molecular weight is 270 g/mol. The summed E-state index contributed by atoms with van der Waals surface area (Å²) in [4.78, 5) is 11.9. The topological polar surface area (TPSA) is 50.4 Å². The van der Waals surface area contributed by atoms with Crippen molar-refractivity contribution >= 4 is 17.3 Å². The first-order valence-corrected chi connectivity index (χ1v) is 6.42. The monoisotopic (exact) mass is 270 g/mol. The Kier molecular flexibility index (Phi) is 4.60. The van der Waals surface area contributed by atoms with Crippen LogP contribution in [0.25, 0.3) is 0 Å². The molecule has 0 heterocycles. The first-order chi connectivity index (χ1) is 9.69. The highest BCUT2D eigenvalue weighted by atomic mass is 16.5. The zero-order chi connectivity index (χ0) is 14.4. The summed E-state index contributed by atoms with van der Waals surface area (Å²) in [5, 5.41) is 5.94. The Morgan fingerprint density at radius 2 is 1.95 bits per heavy atom. The van der Waals surface area contributed by atoms with Gasteiger partial charge in [-0.1, -0.05) is 24.3 Å². The van der Waals surface area contributed by atoms with Crippen molar-refractivity contribution in [1.82, 2.24) is 0 Å². The largest absolute Gasteiger partial charge is 0.497 e. The van der Waals surface area contributed by atoms with Crippen molar-refractivity contribution in [1.29, 1.82) is 0 Å². The third-order valence-corrected chi connectivity index (χ3v) is 2.94. The van der Waals surface area contributed by atoms with E-state index in [1.54, 1.807) is 7.11 Å². The Morgan fingerprint density at radius 3 is 2.70 bits per heavy atom. The van der Waals surface area contributed by atoms with Crippen LogP contribution >= 0.6 is 0 Å². The van der Waals surface area contributed by atoms with Crippen LogP contribution in [0.3, 0.4) is 0 Å². The highest BCUT2D eigenvalue weighted by molar-refractivity contribution is 5.94. The molecule has 2 rings (SSSR count). The van der Waals surface area contributed by atoms with Gasteiger partial charge in [0.15, 0.2) is 0 Å². The van der Waals surface area contributed by atoms with Crippen molar-refractivity contribution in [2.45, 2.75) is 6.92 Å². The molecule has 0 aliphatic heterocycles. The molecule has 2 aromatic carbocycles. The van der Waals surface area contributed by atoms with Gasteiger partial charge in [-0.25, -0.2) is 0 Å². The van der Waals surface area contributed by atoms with Gasteiger partial charge in [0.25, 0.3) is 0 Å². The van der Waals surface area contributed by atoms with Gasteiger partial charge < -0.3 is 15.4 Å². The molecule has 0 aliphatic rings. The molecule has 0 atom stereocenters. The Labute approximate surface area is 118 Å². The van der Waals surface area contributed by atoms with Gasteiger partial charge in [-0.3, -0.25) is 4.79 Å². The molecule has 0 saturated carbocycles. The third-order valence-electron chi connectivity index (χ3n) is 2.94. The molecule has 2 N–H and O–H groups in total. The van der Waals surface area contributed by atoms with E-state index < -0.39 is 0 Å². The molecule has 4 nitrogen and oxygen atoms in total. The maximum absolute atomic E-state index is 11.9. The third kappa shape index (κ3) is 3.75. The highest BCUT2D eigenvalue weighted by Gasteiger charge is 2.04. The number of anilines is 2. The molecule has 0 bridgehead atoms. The number of nitrogens with one attached hydrogen (secondary N) is 2. The first-order valence-electron chi connectivity index (χ1n) is 6.42. The van der Waals surface area contributed by atoms with E-state index >= 15 is 0 Å². The van der Waals surface area contributed by atoms with Crippen LogP contribution in [0.4, 0.5) is 11.4 Å². The summed E-state index contributed by atoms with van der Waals surface area (Å²) >= 11 is 0. The number of aryl methyl sites for hydroxylation is 1. The second-order valence-electron chi connectivity index (χ2n) is 4.45. The van der Waals surface area contributed by atoms with E-state index in [4.69, 9.17) is 4.74 Å². The zero-order valence-corrected chi connectivity index (χ0v) is 11.6. The normalized spacial score (nSPS) is 9.90. The number of methoxy groups -OCH3 is 1. The Hall–Kier alpha value is -2.49. The summed E-state index contributed by atoms with van der Waals surface area (Å²) in [5.74, 6) is 0.677. The molecule has 0 fully saturated rings. The summed E-state index contributed by atoms with van der Waals surface area (Å²) in [6, 6.07) is 15.2. The minimum Gasteiger partial charge on any atom is -0.497 e. The zero-order valence-electron chi connectivity index (χ0n) is 11.6. The van der Waals surface area contributed by atoms with Crippen LogP contribution in [0.2, 0.25) is 0 Å². The predicted octanol–water partition coefficient (Wildman–Crippen LogP) is 3.05. The van der Waals surface area contributed by atoms with Crippen molar-refractivity contribution in [3.05, 3.63) is 54.1 Å². The Balaban J connectivity index is 1.90. The molecule has 104 valence electrons. The van der Waals surface area contributed by atoms with E-state index in [1.165, 1.54) is 0 Å². The molecule has 0 radical (unpaired) electrons. The second-order valence-corrected chi connectivity index (χ2v) is 4.45. The molecule has 0 aliphatic carbocycles. The molecule has 4 heteroatoms. The fraction of sp³-hybridized carbons (Fsp3) is 0.188. The lowest BCUT2D eigenvalue weighted by atomic mass is 10.2. The lowest BCUT2D eigenvalue weighted by Gasteiger charge is -2.10. The van der Waals surface area contributed by atoms with E-state index in [-0.39, 0.29) is 12.5 Å². The summed E-state index contributed by atoms with van der Waals surface area (Å²) in [5.41, 5.74) is 2.73. The van der Waals surface area contributed by atoms with E-state index in [0.29, 0.717) is 0 Å². The minimum atomic E-state index is -0.0814. The number of carbonyl (C=O) groups is 1. The number of ether oxygens (including phenoxy) is 1. The van der Waals surface area contributed by atoms with E-state index in [1.807, 2.05) is 55.5 Å². The van der Waals surface area contributed by atoms with E-state index in [0.717, 1.165) is 22.7 Å². The molecule has 20 heavy (non-hydrogen) atoms. The van der Waals surface area contributed by atoms with Crippen molar-refractivity contribution < 1.29 is 9.53 Å². The van der Waals surface area contributed by atoms with Gasteiger partial charge in [0.1, 0.15) is 5.75 Å². The summed E-state index contributed by atoms with van der Waals surface area (Å²) in [6.45, 7) is 2.17. The number of rotatable bonds is 5. The number of hydrogen-bond donors (Lipinski definition) is 2. The Morgan fingerprint density at radius 1 is 1.15 bits per heavy atom. The Bertz CT molecular complexity index is 597. The molecule has 1 amide bonds. The molecular weight excluding hydrogens is 252 g/mol. The van der Waals surface area contributed by atoms with Gasteiger partial charge in [0.05, 0.1) is 13.7 Å². The summed E-state index contributed by atoms with van der Waals surface area (Å²) in [7, 11) is 1.62. The van der Waals surface area contributed by atoms with Crippen molar-refractivity contribution in [3.8, 4) is 5.75 Å². The SMILES string of the molecule is COc1cccc(NCC(=O)Nc2ccccc2C)c1. The van der Waals surface area contributed by atoms with Crippen LogP contribution in [0, 0.1) is 6.92 Å². The van der Waals surface area contributed by atoms with Crippen LogP contribution in [0.1, 0.15) is 5.56 Å². The predicted molar refractivity (Wildman–Crippen MR) is 81.3 cm³/mol. The molecule has 0 saturated heterocycles. The minimum absolute atomic E-state index is 0.0814. The maximum Gasteiger partial charge on any atom is 0.243 e. The van der Waals surface area contributed by atoms with Crippen LogP contribution in [0.15, 0.2) is 48.5 Å². The standard InChI is InChI=1S/C16H18N2O2/c1-12-6-3-4-9-15(12)18-16(19)11-17-13-7-5-8-14(10-13)20-2/h3-10,17H,11H2,1-2H3,(H,18,19). The lowest BCUT2D eigenvalue weighted by Crippen LogP contribution is -2.22. The van der Waals surface area contributed by atoms with Gasteiger partial charge in [0, 0.05) is 17.4 Å².